The average molecular weight is 243 g/mol. The van der Waals surface area contributed by atoms with E-state index in [0.29, 0.717) is 24.5 Å². The van der Waals surface area contributed by atoms with E-state index in [1.165, 1.54) is 13.2 Å². The summed E-state index contributed by atoms with van der Waals surface area (Å²) in [5.74, 6) is 0.0240. The van der Waals surface area contributed by atoms with Crippen LogP contribution in [0.3, 0.4) is 0 Å². The molecular formula is C11H14FNO4. The first kappa shape index (κ1) is 11.9. The van der Waals surface area contributed by atoms with Crippen LogP contribution >= 0.6 is 0 Å². The zero-order chi connectivity index (χ0) is 12.4. The minimum absolute atomic E-state index is 0.0178. The van der Waals surface area contributed by atoms with Gasteiger partial charge in [-0.15, -0.1) is 0 Å². The van der Waals surface area contributed by atoms with Crippen molar-refractivity contribution in [1.82, 2.24) is 0 Å². The molecule has 1 heterocycles. The molecular weight excluding hydrogens is 229 g/mol. The molecule has 1 aromatic rings. The van der Waals surface area contributed by atoms with Crippen LogP contribution in [0.4, 0.5) is 4.39 Å². The minimum Gasteiger partial charge on any atom is -0.493 e. The second-order valence-electron chi connectivity index (χ2n) is 3.62. The molecule has 3 N–H and O–H groups in total. The summed E-state index contributed by atoms with van der Waals surface area (Å²) in [6.07, 6.45) is 0. The normalized spacial score (nSPS) is 15.5. The van der Waals surface area contributed by atoms with Crippen molar-refractivity contribution in [3.05, 3.63) is 17.4 Å². The second-order valence-corrected chi connectivity index (χ2v) is 3.62. The molecule has 1 unspecified atom stereocenters. The van der Waals surface area contributed by atoms with Gasteiger partial charge in [0.25, 0.3) is 0 Å². The Bertz CT molecular complexity index is 424. The number of halogens is 1. The van der Waals surface area contributed by atoms with Gasteiger partial charge in [-0.25, -0.2) is 4.39 Å². The maximum Gasteiger partial charge on any atom is 0.170 e. The molecule has 6 heteroatoms. The van der Waals surface area contributed by atoms with Crippen LogP contribution in [0.15, 0.2) is 6.07 Å². The molecule has 0 saturated carbocycles. The number of nitrogens with two attached hydrogens (primary N) is 1. The van der Waals surface area contributed by atoms with E-state index < -0.39 is 11.9 Å². The van der Waals surface area contributed by atoms with E-state index in [-0.39, 0.29) is 18.1 Å². The van der Waals surface area contributed by atoms with E-state index in [1.807, 2.05) is 0 Å². The van der Waals surface area contributed by atoms with Gasteiger partial charge in [-0.1, -0.05) is 0 Å². The Morgan fingerprint density at radius 3 is 2.88 bits per heavy atom. The Morgan fingerprint density at radius 2 is 2.24 bits per heavy atom. The van der Waals surface area contributed by atoms with Gasteiger partial charge in [0.05, 0.1) is 25.3 Å². The molecule has 2 rings (SSSR count). The molecule has 1 aromatic carbocycles. The monoisotopic (exact) mass is 243 g/mol. The van der Waals surface area contributed by atoms with Crippen molar-refractivity contribution in [1.29, 1.82) is 0 Å². The molecule has 0 aromatic heterocycles. The van der Waals surface area contributed by atoms with E-state index in [2.05, 4.69) is 0 Å². The Morgan fingerprint density at radius 1 is 1.53 bits per heavy atom. The minimum atomic E-state index is -0.781. The van der Waals surface area contributed by atoms with Gasteiger partial charge in [0, 0.05) is 6.07 Å². The molecule has 1 aliphatic rings. The van der Waals surface area contributed by atoms with Crippen LogP contribution in [-0.4, -0.2) is 32.0 Å². The lowest BCUT2D eigenvalue weighted by Gasteiger charge is -2.25. The number of hydrogen-bond acceptors (Lipinski definition) is 5. The summed E-state index contributed by atoms with van der Waals surface area (Å²) in [7, 11) is 1.34. The van der Waals surface area contributed by atoms with Gasteiger partial charge in [0.15, 0.2) is 23.1 Å². The topological polar surface area (TPSA) is 73.9 Å². The third-order valence-electron chi connectivity index (χ3n) is 2.55. The van der Waals surface area contributed by atoms with Crippen LogP contribution in [-0.2, 0) is 0 Å². The summed E-state index contributed by atoms with van der Waals surface area (Å²) in [6, 6.07) is 0.414. The lowest BCUT2D eigenvalue weighted by molar-refractivity contribution is 0.164. The van der Waals surface area contributed by atoms with Crippen LogP contribution in [0, 0.1) is 5.82 Å². The van der Waals surface area contributed by atoms with Gasteiger partial charge in [-0.3, -0.25) is 0 Å². The quantitative estimate of drug-likeness (QED) is 0.813. The molecule has 1 aliphatic heterocycles. The molecule has 5 nitrogen and oxygen atoms in total. The molecule has 1 atom stereocenters. The molecule has 94 valence electrons. The highest BCUT2D eigenvalue weighted by molar-refractivity contribution is 5.56. The first-order valence-corrected chi connectivity index (χ1v) is 5.21. The van der Waals surface area contributed by atoms with E-state index in [4.69, 9.17) is 25.1 Å². The zero-order valence-electron chi connectivity index (χ0n) is 9.40. The Balaban J connectivity index is 2.61. The summed E-state index contributed by atoms with van der Waals surface area (Å²) in [5, 5.41) is 9.10. The van der Waals surface area contributed by atoms with Gasteiger partial charge in [-0.2, -0.15) is 0 Å². The highest BCUT2D eigenvalue weighted by Crippen LogP contribution is 2.43. The van der Waals surface area contributed by atoms with E-state index in [0.717, 1.165) is 0 Å². The van der Waals surface area contributed by atoms with Crippen LogP contribution in [0.25, 0.3) is 0 Å². The lowest BCUT2D eigenvalue weighted by Crippen LogP contribution is -2.22. The molecule has 0 aliphatic carbocycles. The predicted octanol–water partition coefficient (Wildman–Crippen LogP) is 0.598. The number of benzene rings is 1. The van der Waals surface area contributed by atoms with Crippen LogP contribution in [0.2, 0.25) is 0 Å². The maximum absolute atomic E-state index is 13.7. The first-order chi connectivity index (χ1) is 8.19. The van der Waals surface area contributed by atoms with E-state index in [1.54, 1.807) is 0 Å². The van der Waals surface area contributed by atoms with Crippen molar-refractivity contribution in [2.75, 3.05) is 26.9 Å². The smallest absolute Gasteiger partial charge is 0.170 e. The SMILES string of the molecule is COc1c(F)cc2c(c1C(N)CO)OCCO2. The Labute approximate surface area is 97.9 Å². The predicted molar refractivity (Wildman–Crippen MR) is 58.0 cm³/mol. The molecule has 0 radical (unpaired) electrons. The standard InChI is InChI=1S/C11H14FNO4/c1-15-10-6(12)4-8-11(17-3-2-16-8)9(10)7(13)5-14/h4,7,14H,2-3,5,13H2,1H3. The fraction of sp³-hybridized carbons (Fsp3) is 0.455. The Hall–Kier alpha value is -1.53. The van der Waals surface area contributed by atoms with Crippen molar-refractivity contribution >= 4 is 0 Å². The first-order valence-electron chi connectivity index (χ1n) is 5.21. The average Bonchev–Trinajstić information content (AvgIpc) is 2.36. The summed E-state index contributed by atoms with van der Waals surface area (Å²) < 4.78 is 29.4. The maximum atomic E-state index is 13.7. The number of hydrogen-bond donors (Lipinski definition) is 2. The molecule has 0 bridgehead atoms. The van der Waals surface area contributed by atoms with E-state index in [9.17, 15) is 4.39 Å². The van der Waals surface area contributed by atoms with Gasteiger partial charge in [-0.05, 0) is 0 Å². The van der Waals surface area contributed by atoms with Crippen LogP contribution in [0.1, 0.15) is 11.6 Å². The second kappa shape index (κ2) is 4.77. The number of aliphatic hydroxyl groups is 1. The molecule has 0 fully saturated rings. The Kier molecular flexibility index (Phi) is 3.35. The van der Waals surface area contributed by atoms with Gasteiger partial charge in [0.2, 0.25) is 0 Å². The lowest BCUT2D eigenvalue weighted by atomic mass is 10.0. The van der Waals surface area contributed by atoms with Crippen LogP contribution < -0.4 is 19.9 Å². The number of methoxy groups -OCH3 is 1. The molecule has 0 spiro atoms. The summed E-state index contributed by atoms with van der Waals surface area (Å²) in [5.41, 5.74) is 6.03. The molecule has 0 amide bonds. The van der Waals surface area contributed by atoms with Gasteiger partial charge < -0.3 is 25.1 Å². The summed E-state index contributed by atoms with van der Waals surface area (Å²) in [4.78, 5) is 0. The van der Waals surface area contributed by atoms with Gasteiger partial charge in [0.1, 0.15) is 13.2 Å². The number of fused-ring (bicyclic) bond motifs is 1. The number of ether oxygens (including phenoxy) is 3. The van der Waals surface area contributed by atoms with Crippen molar-refractivity contribution in [2.45, 2.75) is 6.04 Å². The van der Waals surface area contributed by atoms with Crippen molar-refractivity contribution < 1.29 is 23.7 Å². The third kappa shape index (κ3) is 2.01. The van der Waals surface area contributed by atoms with Crippen LogP contribution in [0.5, 0.6) is 17.2 Å². The molecule has 17 heavy (non-hydrogen) atoms. The zero-order valence-corrected chi connectivity index (χ0v) is 9.40. The third-order valence-corrected chi connectivity index (χ3v) is 2.55. The fourth-order valence-electron chi connectivity index (χ4n) is 1.80. The highest BCUT2D eigenvalue weighted by Gasteiger charge is 2.27. The fourth-order valence-corrected chi connectivity index (χ4v) is 1.80. The largest absolute Gasteiger partial charge is 0.493 e. The number of aliphatic hydroxyl groups excluding tert-OH is 1. The summed E-state index contributed by atoms with van der Waals surface area (Å²) in [6.45, 7) is 0.370. The summed E-state index contributed by atoms with van der Waals surface area (Å²) >= 11 is 0. The van der Waals surface area contributed by atoms with Crippen molar-refractivity contribution in [2.24, 2.45) is 5.73 Å². The number of rotatable bonds is 3. The van der Waals surface area contributed by atoms with Crippen molar-refractivity contribution in [3.8, 4) is 17.2 Å². The highest BCUT2D eigenvalue weighted by atomic mass is 19.1. The van der Waals surface area contributed by atoms with E-state index >= 15 is 0 Å². The molecule has 0 saturated heterocycles. The van der Waals surface area contributed by atoms with Crippen molar-refractivity contribution in [3.63, 3.8) is 0 Å². The van der Waals surface area contributed by atoms with Gasteiger partial charge >= 0.3 is 0 Å².